The fourth-order valence-corrected chi connectivity index (χ4v) is 2.28. The molecule has 0 fully saturated rings. The molecule has 1 heterocycles. The van der Waals surface area contributed by atoms with Crippen molar-refractivity contribution in [3.05, 3.63) is 40.2 Å². The van der Waals surface area contributed by atoms with Gasteiger partial charge in [-0.05, 0) is 6.42 Å². The minimum absolute atomic E-state index is 0.707. The number of carbonyl (C=O) groups is 1. The first-order valence-corrected chi connectivity index (χ1v) is 5.71. The van der Waals surface area contributed by atoms with Crippen LogP contribution in [0.3, 0.4) is 0 Å². The van der Waals surface area contributed by atoms with Crippen LogP contribution in [0.2, 0.25) is 0 Å². The first-order chi connectivity index (χ1) is 7.36. The van der Waals surface area contributed by atoms with Crippen molar-refractivity contribution in [2.24, 2.45) is 0 Å². The standard InChI is InChI=1S/C12H11NOS/c1-2-11-12(13-8-15-11)10-6-4-3-5-9(10)7-14/h3-8H,2H2,1H3. The van der Waals surface area contributed by atoms with Crippen molar-refractivity contribution >= 4 is 17.6 Å². The fraction of sp³-hybridized carbons (Fsp3) is 0.167. The number of rotatable bonds is 3. The molecule has 15 heavy (non-hydrogen) atoms. The van der Waals surface area contributed by atoms with Gasteiger partial charge in [0.05, 0.1) is 11.2 Å². The van der Waals surface area contributed by atoms with Gasteiger partial charge in [0.15, 0.2) is 6.29 Å². The predicted octanol–water partition coefficient (Wildman–Crippen LogP) is 3.19. The van der Waals surface area contributed by atoms with Gasteiger partial charge in [-0.3, -0.25) is 4.79 Å². The summed E-state index contributed by atoms with van der Waals surface area (Å²) in [6, 6.07) is 7.56. The topological polar surface area (TPSA) is 30.0 Å². The Morgan fingerprint density at radius 3 is 2.93 bits per heavy atom. The highest BCUT2D eigenvalue weighted by Crippen LogP contribution is 2.27. The van der Waals surface area contributed by atoms with E-state index < -0.39 is 0 Å². The number of nitrogens with zero attached hydrogens (tertiary/aromatic N) is 1. The number of hydrogen-bond acceptors (Lipinski definition) is 3. The zero-order chi connectivity index (χ0) is 10.7. The fourth-order valence-electron chi connectivity index (χ4n) is 1.56. The summed E-state index contributed by atoms with van der Waals surface area (Å²) in [5.74, 6) is 0. The molecule has 2 aromatic rings. The Bertz CT molecular complexity index is 476. The van der Waals surface area contributed by atoms with Gasteiger partial charge in [0.1, 0.15) is 0 Å². The van der Waals surface area contributed by atoms with E-state index in [9.17, 15) is 4.79 Å². The van der Waals surface area contributed by atoms with E-state index in [2.05, 4.69) is 11.9 Å². The molecule has 2 nitrogen and oxygen atoms in total. The van der Waals surface area contributed by atoms with Gasteiger partial charge in [-0.25, -0.2) is 4.98 Å². The van der Waals surface area contributed by atoms with E-state index in [1.807, 2.05) is 29.8 Å². The SMILES string of the molecule is CCc1scnc1-c1ccccc1C=O. The molecule has 0 spiro atoms. The molecule has 0 unspecified atom stereocenters. The normalized spacial score (nSPS) is 10.2. The highest BCUT2D eigenvalue weighted by Gasteiger charge is 2.10. The molecule has 0 saturated heterocycles. The molecule has 1 aromatic carbocycles. The van der Waals surface area contributed by atoms with Crippen LogP contribution in [0.1, 0.15) is 22.2 Å². The molecule has 0 aliphatic rings. The van der Waals surface area contributed by atoms with E-state index >= 15 is 0 Å². The number of thiazole rings is 1. The number of hydrogen-bond donors (Lipinski definition) is 0. The monoisotopic (exact) mass is 217 g/mol. The van der Waals surface area contributed by atoms with Crippen LogP contribution >= 0.6 is 11.3 Å². The highest BCUT2D eigenvalue weighted by molar-refractivity contribution is 7.10. The highest BCUT2D eigenvalue weighted by atomic mass is 32.1. The van der Waals surface area contributed by atoms with Crippen molar-refractivity contribution < 1.29 is 4.79 Å². The Labute approximate surface area is 92.6 Å². The van der Waals surface area contributed by atoms with Crippen LogP contribution in [0, 0.1) is 0 Å². The first-order valence-electron chi connectivity index (χ1n) is 4.83. The molecule has 0 atom stereocenters. The molecule has 3 heteroatoms. The maximum Gasteiger partial charge on any atom is 0.150 e. The van der Waals surface area contributed by atoms with Gasteiger partial charge in [0, 0.05) is 16.0 Å². The van der Waals surface area contributed by atoms with Crippen molar-refractivity contribution in [3.8, 4) is 11.3 Å². The van der Waals surface area contributed by atoms with Crippen molar-refractivity contribution in [2.75, 3.05) is 0 Å². The van der Waals surface area contributed by atoms with Crippen molar-refractivity contribution in [1.29, 1.82) is 0 Å². The van der Waals surface area contributed by atoms with E-state index in [0.29, 0.717) is 5.56 Å². The lowest BCUT2D eigenvalue weighted by Gasteiger charge is -2.02. The molecule has 0 aliphatic heterocycles. The number of aromatic nitrogens is 1. The van der Waals surface area contributed by atoms with Crippen LogP contribution in [0.5, 0.6) is 0 Å². The largest absolute Gasteiger partial charge is 0.298 e. The minimum Gasteiger partial charge on any atom is -0.298 e. The van der Waals surface area contributed by atoms with Crippen molar-refractivity contribution in [2.45, 2.75) is 13.3 Å². The maximum atomic E-state index is 10.9. The maximum absolute atomic E-state index is 10.9. The number of aldehydes is 1. The predicted molar refractivity (Wildman–Crippen MR) is 62.3 cm³/mol. The first kappa shape index (κ1) is 10.1. The summed E-state index contributed by atoms with van der Waals surface area (Å²) < 4.78 is 0. The summed E-state index contributed by atoms with van der Waals surface area (Å²) in [6.07, 6.45) is 1.83. The van der Waals surface area contributed by atoms with Crippen LogP contribution in [0.4, 0.5) is 0 Å². The number of benzene rings is 1. The van der Waals surface area contributed by atoms with Crippen molar-refractivity contribution in [3.63, 3.8) is 0 Å². The zero-order valence-corrected chi connectivity index (χ0v) is 9.25. The molecule has 0 radical (unpaired) electrons. The third-order valence-corrected chi connectivity index (χ3v) is 3.28. The van der Waals surface area contributed by atoms with Gasteiger partial charge >= 0.3 is 0 Å². The van der Waals surface area contributed by atoms with Crippen molar-refractivity contribution in [1.82, 2.24) is 4.98 Å². The second-order valence-electron chi connectivity index (χ2n) is 3.18. The van der Waals surface area contributed by atoms with Crippen LogP contribution in [-0.4, -0.2) is 11.3 Å². The van der Waals surface area contributed by atoms with Crippen LogP contribution in [0.15, 0.2) is 29.8 Å². The third-order valence-electron chi connectivity index (χ3n) is 2.30. The van der Waals surface area contributed by atoms with Gasteiger partial charge in [-0.2, -0.15) is 0 Å². The Kier molecular flexibility index (Phi) is 2.92. The summed E-state index contributed by atoms with van der Waals surface area (Å²) in [7, 11) is 0. The van der Waals surface area contributed by atoms with Gasteiger partial charge in [-0.1, -0.05) is 31.2 Å². The Morgan fingerprint density at radius 1 is 1.40 bits per heavy atom. The molecule has 2 rings (SSSR count). The summed E-state index contributed by atoms with van der Waals surface area (Å²) in [5.41, 5.74) is 4.42. The van der Waals surface area contributed by atoms with Gasteiger partial charge in [-0.15, -0.1) is 11.3 Å². The van der Waals surface area contributed by atoms with Gasteiger partial charge in [0.25, 0.3) is 0 Å². The van der Waals surface area contributed by atoms with Crippen LogP contribution in [0.25, 0.3) is 11.3 Å². The summed E-state index contributed by atoms with van der Waals surface area (Å²) in [5, 5.41) is 0. The lowest BCUT2D eigenvalue weighted by atomic mass is 10.0. The lowest BCUT2D eigenvalue weighted by Crippen LogP contribution is -1.89. The average molecular weight is 217 g/mol. The van der Waals surface area contributed by atoms with E-state index in [1.54, 1.807) is 11.3 Å². The zero-order valence-electron chi connectivity index (χ0n) is 8.43. The van der Waals surface area contributed by atoms with Crippen LogP contribution in [-0.2, 0) is 6.42 Å². The Hall–Kier alpha value is -1.48. The Balaban J connectivity index is 2.58. The van der Waals surface area contributed by atoms with Gasteiger partial charge < -0.3 is 0 Å². The number of aryl methyl sites for hydroxylation is 1. The quantitative estimate of drug-likeness (QED) is 0.739. The molecular weight excluding hydrogens is 206 g/mol. The lowest BCUT2D eigenvalue weighted by molar-refractivity contribution is 0.112. The molecular formula is C12H11NOS. The molecule has 0 bridgehead atoms. The molecule has 76 valence electrons. The molecule has 0 aliphatic carbocycles. The minimum atomic E-state index is 0.707. The van der Waals surface area contributed by atoms with E-state index in [1.165, 1.54) is 4.88 Å². The van der Waals surface area contributed by atoms with Crippen LogP contribution < -0.4 is 0 Å². The third kappa shape index (κ3) is 1.83. The van der Waals surface area contributed by atoms with E-state index in [-0.39, 0.29) is 0 Å². The summed E-state index contributed by atoms with van der Waals surface area (Å²) in [6.45, 7) is 2.10. The number of carbonyl (C=O) groups excluding carboxylic acids is 1. The summed E-state index contributed by atoms with van der Waals surface area (Å²) >= 11 is 1.64. The molecule has 0 N–H and O–H groups in total. The Morgan fingerprint density at radius 2 is 2.20 bits per heavy atom. The van der Waals surface area contributed by atoms with Gasteiger partial charge in [0.2, 0.25) is 0 Å². The summed E-state index contributed by atoms with van der Waals surface area (Å²) in [4.78, 5) is 16.4. The molecule has 1 aromatic heterocycles. The average Bonchev–Trinajstić information content (AvgIpc) is 2.76. The second-order valence-corrected chi connectivity index (χ2v) is 4.12. The second kappa shape index (κ2) is 4.36. The molecule has 0 saturated carbocycles. The molecule has 0 amide bonds. The van der Waals surface area contributed by atoms with E-state index in [0.717, 1.165) is 24.0 Å². The smallest absolute Gasteiger partial charge is 0.150 e. The van der Waals surface area contributed by atoms with E-state index in [4.69, 9.17) is 0 Å².